The summed E-state index contributed by atoms with van der Waals surface area (Å²) in [4.78, 5) is 44.6. The first-order chi connectivity index (χ1) is 23.1. The lowest BCUT2D eigenvalue weighted by Gasteiger charge is -2.25. The number of methoxy groups -OCH3 is 1. The minimum Gasteiger partial charge on any atom is -0.490 e. The van der Waals surface area contributed by atoms with Crippen molar-refractivity contribution >= 4 is 29.4 Å². The molecule has 2 aromatic heterocycles. The third-order valence-electron chi connectivity index (χ3n) is 8.04. The van der Waals surface area contributed by atoms with Crippen molar-refractivity contribution in [3.63, 3.8) is 0 Å². The van der Waals surface area contributed by atoms with Gasteiger partial charge in [-0.25, -0.2) is 14.6 Å². The SMILES string of the molecule is CCOC(=O)C1=C(C)N=c2s/c(=C\c3cc(C)n(-c4ccc5c(c4)OCO5)c3C)c(=O)n2[C@H]1c1ccc(OCC(=O)OC)c(OCC)c1. The van der Waals surface area contributed by atoms with Crippen molar-refractivity contribution in [1.82, 2.24) is 9.13 Å². The highest BCUT2D eigenvalue weighted by Crippen LogP contribution is 2.37. The summed E-state index contributed by atoms with van der Waals surface area (Å²) >= 11 is 1.24. The van der Waals surface area contributed by atoms with Gasteiger partial charge in [-0.1, -0.05) is 17.4 Å². The van der Waals surface area contributed by atoms with Crippen LogP contribution in [0.25, 0.3) is 11.8 Å². The van der Waals surface area contributed by atoms with E-state index in [4.69, 9.17) is 33.4 Å². The second kappa shape index (κ2) is 13.4. The number of esters is 2. The Morgan fingerprint density at radius 3 is 2.54 bits per heavy atom. The maximum Gasteiger partial charge on any atom is 0.343 e. The summed E-state index contributed by atoms with van der Waals surface area (Å²) in [7, 11) is 1.28. The fourth-order valence-corrected chi connectivity index (χ4v) is 6.92. The molecule has 1 atom stereocenters. The van der Waals surface area contributed by atoms with Crippen LogP contribution < -0.4 is 33.8 Å². The van der Waals surface area contributed by atoms with E-state index in [-0.39, 0.29) is 31.1 Å². The van der Waals surface area contributed by atoms with Gasteiger partial charge < -0.3 is 33.0 Å². The molecule has 0 unspecified atom stereocenters. The molecule has 0 spiro atoms. The maximum atomic E-state index is 14.3. The summed E-state index contributed by atoms with van der Waals surface area (Å²) in [5, 5.41) is 0. The van der Waals surface area contributed by atoms with Gasteiger partial charge in [-0.05, 0) is 82.2 Å². The largest absolute Gasteiger partial charge is 0.490 e. The van der Waals surface area contributed by atoms with E-state index in [9.17, 15) is 14.4 Å². The number of aromatic nitrogens is 2. The van der Waals surface area contributed by atoms with E-state index in [2.05, 4.69) is 4.57 Å². The van der Waals surface area contributed by atoms with E-state index in [0.29, 0.717) is 50.2 Å². The van der Waals surface area contributed by atoms with Crippen LogP contribution in [0.1, 0.15) is 49.3 Å². The van der Waals surface area contributed by atoms with E-state index in [1.165, 1.54) is 23.0 Å². The molecular weight excluding hydrogens is 638 g/mol. The number of carbonyl (C=O) groups is 2. The summed E-state index contributed by atoms with van der Waals surface area (Å²) in [5.41, 5.74) is 4.62. The maximum absolute atomic E-state index is 14.3. The molecule has 4 aromatic rings. The van der Waals surface area contributed by atoms with Gasteiger partial charge in [0, 0.05) is 23.1 Å². The summed E-state index contributed by atoms with van der Waals surface area (Å²) in [6.45, 7) is 9.59. The van der Waals surface area contributed by atoms with E-state index in [1.807, 2.05) is 51.1 Å². The number of ether oxygens (including phenoxy) is 6. The van der Waals surface area contributed by atoms with Crippen molar-refractivity contribution in [2.45, 2.75) is 40.7 Å². The first kappa shape index (κ1) is 32.6. The molecule has 0 N–H and O–H groups in total. The third-order valence-corrected chi connectivity index (χ3v) is 9.03. The van der Waals surface area contributed by atoms with Crippen molar-refractivity contribution in [2.75, 3.05) is 33.7 Å². The molecule has 2 aliphatic rings. The number of benzene rings is 2. The molecule has 0 saturated heterocycles. The van der Waals surface area contributed by atoms with E-state index >= 15 is 0 Å². The van der Waals surface area contributed by atoms with E-state index < -0.39 is 18.0 Å². The molecule has 0 fully saturated rings. The molecular formula is C35H35N3O9S. The summed E-state index contributed by atoms with van der Waals surface area (Å²) in [5.74, 6) is 0.914. The Morgan fingerprint density at radius 1 is 1.00 bits per heavy atom. The highest BCUT2D eigenvalue weighted by Gasteiger charge is 2.34. The molecule has 48 heavy (non-hydrogen) atoms. The van der Waals surface area contributed by atoms with Gasteiger partial charge >= 0.3 is 11.9 Å². The van der Waals surface area contributed by atoms with Crippen LogP contribution in [0.2, 0.25) is 0 Å². The van der Waals surface area contributed by atoms with Crippen LogP contribution >= 0.6 is 11.3 Å². The molecule has 0 bridgehead atoms. The normalized spacial score (nSPS) is 15.2. The van der Waals surface area contributed by atoms with E-state index in [1.54, 1.807) is 32.0 Å². The van der Waals surface area contributed by atoms with Gasteiger partial charge in [-0.2, -0.15) is 0 Å². The Balaban J connectivity index is 1.47. The van der Waals surface area contributed by atoms with Crippen LogP contribution in [-0.2, 0) is 19.1 Å². The monoisotopic (exact) mass is 673 g/mol. The molecule has 250 valence electrons. The van der Waals surface area contributed by atoms with Crippen LogP contribution in [0.5, 0.6) is 23.0 Å². The van der Waals surface area contributed by atoms with Gasteiger partial charge in [0.1, 0.15) is 0 Å². The fraction of sp³-hybridized carbons (Fsp3) is 0.314. The number of hydrogen-bond acceptors (Lipinski definition) is 11. The van der Waals surface area contributed by atoms with Crippen molar-refractivity contribution in [3.05, 3.63) is 95.9 Å². The second-order valence-electron chi connectivity index (χ2n) is 11.0. The number of allylic oxidation sites excluding steroid dienone is 1. The van der Waals surface area contributed by atoms with Crippen molar-refractivity contribution in [2.24, 2.45) is 4.99 Å². The van der Waals surface area contributed by atoms with Gasteiger partial charge in [0.05, 0.1) is 42.2 Å². The Hall–Kier alpha value is -5.30. The lowest BCUT2D eigenvalue weighted by atomic mass is 9.95. The minimum atomic E-state index is -0.864. The molecule has 6 rings (SSSR count). The van der Waals surface area contributed by atoms with Crippen molar-refractivity contribution in [1.29, 1.82) is 0 Å². The van der Waals surface area contributed by atoms with Crippen molar-refractivity contribution in [3.8, 4) is 28.7 Å². The minimum absolute atomic E-state index is 0.149. The average molecular weight is 674 g/mol. The quantitative estimate of drug-likeness (QED) is 0.230. The zero-order valence-corrected chi connectivity index (χ0v) is 28.3. The molecule has 13 heteroatoms. The number of nitrogens with zero attached hydrogens (tertiary/aromatic N) is 3. The molecule has 0 aliphatic carbocycles. The number of rotatable bonds is 10. The Labute approximate surface area is 280 Å². The van der Waals surface area contributed by atoms with Crippen LogP contribution in [0.15, 0.2) is 63.5 Å². The van der Waals surface area contributed by atoms with Gasteiger partial charge in [-0.3, -0.25) is 9.36 Å². The molecule has 0 radical (unpaired) electrons. The predicted octanol–water partition coefficient (Wildman–Crippen LogP) is 3.89. The van der Waals surface area contributed by atoms with Crippen LogP contribution in [0.3, 0.4) is 0 Å². The highest BCUT2D eigenvalue weighted by atomic mass is 32.1. The van der Waals surface area contributed by atoms with Gasteiger partial charge in [0.15, 0.2) is 34.4 Å². The summed E-state index contributed by atoms with van der Waals surface area (Å²) in [6.07, 6.45) is 1.85. The van der Waals surface area contributed by atoms with Gasteiger partial charge in [-0.15, -0.1) is 0 Å². The molecule has 12 nitrogen and oxygen atoms in total. The number of carbonyl (C=O) groups excluding carboxylic acids is 2. The molecule has 2 aromatic carbocycles. The molecule has 4 heterocycles. The number of hydrogen-bond donors (Lipinski definition) is 0. The number of thiazole rings is 1. The summed E-state index contributed by atoms with van der Waals surface area (Å²) < 4.78 is 36.8. The smallest absolute Gasteiger partial charge is 0.343 e. The fourth-order valence-electron chi connectivity index (χ4n) is 5.88. The van der Waals surface area contributed by atoms with Gasteiger partial charge in [0.2, 0.25) is 6.79 Å². The van der Waals surface area contributed by atoms with E-state index in [0.717, 1.165) is 22.6 Å². The number of aryl methyl sites for hydroxylation is 1. The number of fused-ring (bicyclic) bond motifs is 2. The Bertz CT molecular complexity index is 2140. The average Bonchev–Trinajstić information content (AvgIpc) is 3.74. The van der Waals surface area contributed by atoms with Crippen molar-refractivity contribution < 1.29 is 38.0 Å². The summed E-state index contributed by atoms with van der Waals surface area (Å²) in [6, 6.07) is 12.0. The zero-order chi connectivity index (χ0) is 34.1. The highest BCUT2D eigenvalue weighted by molar-refractivity contribution is 7.07. The van der Waals surface area contributed by atoms with Crippen LogP contribution in [-0.4, -0.2) is 54.8 Å². The Morgan fingerprint density at radius 2 is 1.79 bits per heavy atom. The van der Waals surface area contributed by atoms with Crippen LogP contribution in [0, 0.1) is 13.8 Å². The standard InChI is InChI=1S/C35H35N3O9S/c1-7-43-27-14-22(9-11-25(27)45-17-30(39)42-6)32-31(34(41)44-8-2)20(4)36-35-38(32)33(40)29(48-35)15-23-13-19(3)37(21(23)5)24-10-12-26-28(16-24)47-18-46-26/h9-16,32H,7-8,17-18H2,1-6H3/b29-15-/t32-/m0/s1. The van der Waals surface area contributed by atoms with Crippen LogP contribution in [0.4, 0.5) is 0 Å². The molecule has 0 saturated carbocycles. The second-order valence-corrected chi connectivity index (χ2v) is 12.0. The lowest BCUT2D eigenvalue weighted by molar-refractivity contribution is -0.143. The van der Waals surface area contributed by atoms with Gasteiger partial charge in [0.25, 0.3) is 5.56 Å². The topological polar surface area (TPSA) is 129 Å². The molecule has 2 aliphatic heterocycles. The zero-order valence-electron chi connectivity index (χ0n) is 27.4. The first-order valence-corrected chi connectivity index (χ1v) is 16.2. The lowest BCUT2D eigenvalue weighted by Crippen LogP contribution is -2.40. The Kier molecular flexibility index (Phi) is 9.13. The third kappa shape index (κ3) is 5.97. The predicted molar refractivity (Wildman–Crippen MR) is 177 cm³/mol. The molecule has 0 amide bonds. The first-order valence-electron chi connectivity index (χ1n) is 15.4.